The topological polar surface area (TPSA) is 81.2 Å². The zero-order valence-electron chi connectivity index (χ0n) is 18.7. The van der Waals surface area contributed by atoms with Gasteiger partial charge in [-0.15, -0.1) is 0 Å². The summed E-state index contributed by atoms with van der Waals surface area (Å²) in [6.45, 7) is 8.14. The van der Waals surface area contributed by atoms with Crippen LogP contribution in [0, 0.1) is 0 Å². The van der Waals surface area contributed by atoms with Gasteiger partial charge in [-0.2, -0.15) is 0 Å². The number of hydrogen-bond donors (Lipinski definition) is 0. The minimum Gasteiger partial charge on any atom is -0.497 e. The van der Waals surface area contributed by atoms with Gasteiger partial charge < -0.3 is 24.0 Å². The molecule has 8 nitrogen and oxygen atoms in total. The van der Waals surface area contributed by atoms with Crippen molar-refractivity contribution in [3.63, 3.8) is 0 Å². The maximum Gasteiger partial charge on any atom is 0.410 e. The number of rotatable bonds is 4. The lowest BCUT2D eigenvalue weighted by molar-refractivity contribution is 0.0240. The van der Waals surface area contributed by atoms with Crippen molar-refractivity contribution in [1.82, 2.24) is 9.88 Å². The van der Waals surface area contributed by atoms with Crippen molar-refractivity contribution in [2.24, 2.45) is 0 Å². The largest absolute Gasteiger partial charge is 0.497 e. The van der Waals surface area contributed by atoms with E-state index in [4.69, 9.17) is 14.2 Å². The van der Waals surface area contributed by atoms with E-state index in [-0.39, 0.29) is 6.09 Å². The molecule has 1 fully saturated rings. The molecule has 0 unspecified atom stereocenters. The van der Waals surface area contributed by atoms with Crippen LogP contribution in [0.25, 0.3) is 11.3 Å². The van der Waals surface area contributed by atoms with Crippen LogP contribution in [0.2, 0.25) is 0 Å². The van der Waals surface area contributed by atoms with Gasteiger partial charge in [-0.25, -0.2) is 9.59 Å². The molecule has 0 atom stereocenters. The summed E-state index contributed by atoms with van der Waals surface area (Å²) in [5.41, 5.74) is 2.37. The molecule has 3 rings (SSSR count). The zero-order valence-corrected chi connectivity index (χ0v) is 18.7. The molecule has 1 aliphatic heterocycles. The van der Waals surface area contributed by atoms with Crippen LogP contribution in [0.15, 0.2) is 36.5 Å². The summed E-state index contributed by atoms with van der Waals surface area (Å²) in [6.07, 6.45) is 1.46. The standard InChI is InChI=1S/C23H29N3O5/c1-23(2,3)31-22(28)26-10-8-25(9-11-26)18-6-7-24-20(15-18)16-12-17(21(27)30-5)14-19(13-16)29-4/h6-7,12-15H,8-11H2,1-5H3. The van der Waals surface area contributed by atoms with Crippen LogP contribution in [0.5, 0.6) is 5.75 Å². The van der Waals surface area contributed by atoms with E-state index in [9.17, 15) is 9.59 Å². The number of carbonyl (C=O) groups excluding carboxylic acids is 2. The van der Waals surface area contributed by atoms with E-state index < -0.39 is 11.6 Å². The lowest BCUT2D eigenvalue weighted by Gasteiger charge is -2.36. The molecule has 31 heavy (non-hydrogen) atoms. The second-order valence-electron chi connectivity index (χ2n) is 8.30. The first-order chi connectivity index (χ1) is 14.7. The molecular weight excluding hydrogens is 398 g/mol. The zero-order chi connectivity index (χ0) is 22.6. The van der Waals surface area contributed by atoms with Crippen molar-refractivity contribution in [3.05, 3.63) is 42.1 Å². The molecule has 0 N–H and O–H groups in total. The van der Waals surface area contributed by atoms with Gasteiger partial charge in [0.15, 0.2) is 0 Å². The van der Waals surface area contributed by atoms with Gasteiger partial charge in [0, 0.05) is 43.6 Å². The van der Waals surface area contributed by atoms with Gasteiger partial charge >= 0.3 is 12.1 Å². The number of piperazine rings is 1. The molecule has 8 heteroatoms. The summed E-state index contributed by atoms with van der Waals surface area (Å²) in [6, 6.07) is 9.11. The monoisotopic (exact) mass is 427 g/mol. The number of methoxy groups -OCH3 is 2. The molecule has 0 radical (unpaired) electrons. The van der Waals surface area contributed by atoms with Gasteiger partial charge in [0.1, 0.15) is 11.4 Å². The normalized spacial score (nSPS) is 14.2. The van der Waals surface area contributed by atoms with E-state index in [1.807, 2.05) is 39.0 Å². The summed E-state index contributed by atoms with van der Waals surface area (Å²) in [4.78, 5) is 32.7. The Morgan fingerprint density at radius 1 is 1.00 bits per heavy atom. The lowest BCUT2D eigenvalue weighted by Crippen LogP contribution is -2.50. The average molecular weight is 428 g/mol. The van der Waals surface area contributed by atoms with Crippen LogP contribution in [0.3, 0.4) is 0 Å². The Bertz CT molecular complexity index is 946. The number of anilines is 1. The number of esters is 1. The first kappa shape index (κ1) is 22.4. The Labute approximate surface area is 182 Å². The van der Waals surface area contributed by atoms with Crippen molar-refractivity contribution >= 4 is 17.7 Å². The number of ether oxygens (including phenoxy) is 3. The van der Waals surface area contributed by atoms with Gasteiger partial charge in [-0.1, -0.05) is 0 Å². The fourth-order valence-electron chi connectivity index (χ4n) is 3.35. The third kappa shape index (κ3) is 5.65. The van der Waals surface area contributed by atoms with E-state index in [2.05, 4.69) is 9.88 Å². The summed E-state index contributed by atoms with van der Waals surface area (Å²) in [5.74, 6) is 0.116. The van der Waals surface area contributed by atoms with Crippen LogP contribution < -0.4 is 9.64 Å². The maximum atomic E-state index is 12.3. The molecule has 0 saturated carbocycles. The quantitative estimate of drug-likeness (QED) is 0.690. The molecule has 166 valence electrons. The van der Waals surface area contributed by atoms with Crippen LogP contribution in [0.1, 0.15) is 31.1 Å². The minimum absolute atomic E-state index is 0.283. The highest BCUT2D eigenvalue weighted by molar-refractivity contribution is 5.91. The third-order valence-electron chi connectivity index (χ3n) is 4.90. The molecule has 2 aromatic rings. The van der Waals surface area contributed by atoms with Crippen LogP contribution in [0.4, 0.5) is 10.5 Å². The molecule has 1 aromatic heterocycles. The Balaban J connectivity index is 1.76. The number of hydrogen-bond acceptors (Lipinski definition) is 7. The van der Waals surface area contributed by atoms with Gasteiger partial charge in [-0.05, 0) is 51.1 Å². The van der Waals surface area contributed by atoms with Crippen molar-refractivity contribution in [2.75, 3.05) is 45.3 Å². The van der Waals surface area contributed by atoms with Gasteiger partial charge in [0.2, 0.25) is 0 Å². The molecule has 2 heterocycles. The average Bonchev–Trinajstić information content (AvgIpc) is 2.77. The molecule has 1 aromatic carbocycles. The second-order valence-corrected chi connectivity index (χ2v) is 8.30. The van der Waals surface area contributed by atoms with Gasteiger partial charge in [-0.3, -0.25) is 4.98 Å². The predicted octanol–water partition coefficient (Wildman–Crippen LogP) is 3.60. The highest BCUT2D eigenvalue weighted by Gasteiger charge is 2.26. The first-order valence-electron chi connectivity index (χ1n) is 10.2. The lowest BCUT2D eigenvalue weighted by atomic mass is 10.1. The van der Waals surface area contributed by atoms with Gasteiger partial charge in [0.05, 0.1) is 25.5 Å². The van der Waals surface area contributed by atoms with E-state index in [1.54, 1.807) is 30.3 Å². The van der Waals surface area contributed by atoms with Crippen molar-refractivity contribution in [2.45, 2.75) is 26.4 Å². The van der Waals surface area contributed by atoms with Crippen LogP contribution in [-0.2, 0) is 9.47 Å². The Hall–Kier alpha value is -3.29. The molecule has 1 saturated heterocycles. The summed E-state index contributed by atoms with van der Waals surface area (Å²) in [5, 5.41) is 0. The van der Waals surface area contributed by atoms with Crippen molar-refractivity contribution in [3.8, 4) is 17.0 Å². The molecule has 1 aliphatic rings. The Kier molecular flexibility index (Phi) is 6.68. The van der Waals surface area contributed by atoms with Crippen molar-refractivity contribution < 1.29 is 23.8 Å². The van der Waals surface area contributed by atoms with E-state index in [0.29, 0.717) is 37.5 Å². The molecular formula is C23H29N3O5. The number of pyridine rings is 1. The minimum atomic E-state index is -0.506. The molecule has 1 amide bonds. The molecule has 0 spiro atoms. The third-order valence-corrected chi connectivity index (χ3v) is 4.90. The van der Waals surface area contributed by atoms with E-state index in [1.165, 1.54) is 7.11 Å². The Morgan fingerprint density at radius 3 is 2.32 bits per heavy atom. The first-order valence-corrected chi connectivity index (χ1v) is 10.2. The summed E-state index contributed by atoms with van der Waals surface area (Å²) >= 11 is 0. The summed E-state index contributed by atoms with van der Waals surface area (Å²) in [7, 11) is 2.89. The number of carbonyl (C=O) groups is 2. The number of aromatic nitrogens is 1. The fraction of sp³-hybridized carbons (Fsp3) is 0.435. The number of nitrogens with zero attached hydrogens (tertiary/aromatic N) is 3. The number of benzene rings is 1. The smallest absolute Gasteiger partial charge is 0.410 e. The van der Waals surface area contributed by atoms with E-state index in [0.717, 1.165) is 16.9 Å². The SMILES string of the molecule is COC(=O)c1cc(OC)cc(-c2cc(N3CCN(C(=O)OC(C)(C)C)CC3)ccn2)c1. The second kappa shape index (κ2) is 9.24. The van der Waals surface area contributed by atoms with E-state index >= 15 is 0 Å². The summed E-state index contributed by atoms with van der Waals surface area (Å²) < 4.78 is 15.6. The van der Waals surface area contributed by atoms with Crippen LogP contribution in [-0.4, -0.2) is 67.9 Å². The van der Waals surface area contributed by atoms with Crippen molar-refractivity contribution in [1.29, 1.82) is 0 Å². The number of amides is 1. The molecule has 0 aliphatic carbocycles. The predicted molar refractivity (Wildman–Crippen MR) is 118 cm³/mol. The highest BCUT2D eigenvalue weighted by atomic mass is 16.6. The maximum absolute atomic E-state index is 12.3. The fourth-order valence-corrected chi connectivity index (χ4v) is 3.35. The van der Waals surface area contributed by atoms with Crippen LogP contribution >= 0.6 is 0 Å². The highest BCUT2D eigenvalue weighted by Crippen LogP contribution is 2.28. The Morgan fingerprint density at radius 2 is 1.71 bits per heavy atom. The van der Waals surface area contributed by atoms with Gasteiger partial charge in [0.25, 0.3) is 0 Å². The molecule has 0 bridgehead atoms.